The van der Waals surface area contributed by atoms with Crippen LogP contribution in [0.3, 0.4) is 0 Å². The van der Waals surface area contributed by atoms with Gasteiger partial charge in [0.25, 0.3) is 5.91 Å². The molecule has 0 fully saturated rings. The third kappa shape index (κ3) is 4.47. The Hall–Kier alpha value is -0.830. The molecule has 0 aromatic heterocycles. The number of nitrogens with one attached hydrogen (secondary N) is 1. The number of carbonyl (C=O) groups is 1. The number of hydrogen-bond acceptors (Lipinski definition) is 1. The fourth-order valence-corrected chi connectivity index (χ4v) is 1.61. The summed E-state index contributed by atoms with van der Waals surface area (Å²) in [4.78, 5) is 11.6. The molecule has 0 aliphatic carbocycles. The molecular weight excluding hydrogens is 254 g/mol. The Kier molecular flexibility index (Phi) is 4.82. The normalized spacial score (nSPS) is 10.4. The summed E-state index contributed by atoms with van der Waals surface area (Å²) in [5.74, 6) is 0.616. The molecule has 0 radical (unpaired) electrons. The van der Waals surface area contributed by atoms with E-state index >= 15 is 0 Å². The average Bonchev–Trinajstić information content (AvgIpc) is 2.17. The molecule has 0 spiro atoms. The molecule has 0 saturated carbocycles. The van der Waals surface area contributed by atoms with Gasteiger partial charge < -0.3 is 5.32 Å². The first-order chi connectivity index (χ1) is 7.09. The monoisotopic (exact) mass is 269 g/mol. The fourth-order valence-electron chi connectivity index (χ4n) is 1.21. The molecule has 0 bridgehead atoms. The molecule has 0 aliphatic rings. The Morgan fingerprint density at radius 3 is 2.80 bits per heavy atom. The molecule has 82 valence electrons. The van der Waals surface area contributed by atoms with Crippen LogP contribution < -0.4 is 5.32 Å². The van der Waals surface area contributed by atoms with Crippen molar-refractivity contribution in [2.24, 2.45) is 5.92 Å². The van der Waals surface area contributed by atoms with Crippen molar-refractivity contribution in [2.45, 2.75) is 20.3 Å². The zero-order valence-electron chi connectivity index (χ0n) is 9.09. The van der Waals surface area contributed by atoms with Gasteiger partial charge in [0.05, 0.1) is 0 Å². The molecule has 0 aliphatic heterocycles. The van der Waals surface area contributed by atoms with Crippen molar-refractivity contribution in [3.8, 4) is 0 Å². The molecule has 0 atom stereocenters. The second kappa shape index (κ2) is 5.91. The van der Waals surface area contributed by atoms with Gasteiger partial charge in [-0.25, -0.2) is 0 Å². The van der Waals surface area contributed by atoms with Crippen molar-refractivity contribution in [1.29, 1.82) is 0 Å². The minimum atomic E-state index is -0.00282. The number of carbonyl (C=O) groups excluding carboxylic acids is 1. The molecule has 1 N–H and O–H groups in total. The Balaban J connectivity index is 2.47. The lowest BCUT2D eigenvalue weighted by Gasteiger charge is -2.07. The SMILES string of the molecule is CC(C)CCNC(=O)c1cccc(Br)c1. The van der Waals surface area contributed by atoms with Crippen molar-refractivity contribution in [3.05, 3.63) is 34.3 Å². The molecule has 1 amide bonds. The molecule has 0 saturated heterocycles. The summed E-state index contributed by atoms with van der Waals surface area (Å²) in [6.45, 7) is 5.03. The minimum absolute atomic E-state index is 0.00282. The predicted molar refractivity (Wildman–Crippen MR) is 65.9 cm³/mol. The van der Waals surface area contributed by atoms with E-state index in [1.165, 1.54) is 0 Å². The zero-order chi connectivity index (χ0) is 11.3. The first-order valence-electron chi connectivity index (χ1n) is 5.13. The van der Waals surface area contributed by atoms with E-state index in [2.05, 4.69) is 35.1 Å². The summed E-state index contributed by atoms with van der Waals surface area (Å²) in [6.07, 6.45) is 1.01. The highest BCUT2D eigenvalue weighted by molar-refractivity contribution is 9.10. The average molecular weight is 270 g/mol. The number of rotatable bonds is 4. The van der Waals surface area contributed by atoms with E-state index in [1.54, 1.807) is 0 Å². The highest BCUT2D eigenvalue weighted by Gasteiger charge is 2.04. The first-order valence-corrected chi connectivity index (χ1v) is 5.92. The van der Waals surface area contributed by atoms with Crippen LogP contribution in [0.5, 0.6) is 0 Å². The van der Waals surface area contributed by atoms with Crippen LogP contribution >= 0.6 is 15.9 Å². The Morgan fingerprint density at radius 1 is 1.47 bits per heavy atom. The maximum Gasteiger partial charge on any atom is 0.251 e. The molecular formula is C12H16BrNO. The van der Waals surface area contributed by atoms with E-state index < -0.39 is 0 Å². The highest BCUT2D eigenvalue weighted by atomic mass is 79.9. The van der Waals surface area contributed by atoms with Crippen molar-refractivity contribution in [2.75, 3.05) is 6.54 Å². The third-order valence-electron chi connectivity index (χ3n) is 2.09. The quantitative estimate of drug-likeness (QED) is 0.894. The van der Waals surface area contributed by atoms with E-state index in [9.17, 15) is 4.79 Å². The van der Waals surface area contributed by atoms with Crippen LogP contribution in [-0.4, -0.2) is 12.5 Å². The van der Waals surface area contributed by atoms with Crippen LogP contribution in [-0.2, 0) is 0 Å². The molecule has 1 aromatic rings. The third-order valence-corrected chi connectivity index (χ3v) is 2.59. The Morgan fingerprint density at radius 2 is 2.20 bits per heavy atom. The number of benzene rings is 1. The van der Waals surface area contributed by atoms with Gasteiger partial charge in [-0.3, -0.25) is 4.79 Å². The molecule has 15 heavy (non-hydrogen) atoms. The zero-order valence-corrected chi connectivity index (χ0v) is 10.7. The molecule has 1 aromatic carbocycles. The highest BCUT2D eigenvalue weighted by Crippen LogP contribution is 2.11. The lowest BCUT2D eigenvalue weighted by atomic mass is 10.1. The lowest BCUT2D eigenvalue weighted by molar-refractivity contribution is 0.0952. The largest absolute Gasteiger partial charge is 0.352 e. The number of amides is 1. The Bertz CT molecular complexity index is 336. The van der Waals surface area contributed by atoms with Gasteiger partial charge in [-0.05, 0) is 30.5 Å². The fraction of sp³-hybridized carbons (Fsp3) is 0.417. The van der Waals surface area contributed by atoms with Crippen molar-refractivity contribution >= 4 is 21.8 Å². The predicted octanol–water partition coefficient (Wildman–Crippen LogP) is 3.23. The maximum absolute atomic E-state index is 11.6. The second-order valence-electron chi connectivity index (χ2n) is 3.95. The van der Waals surface area contributed by atoms with E-state index in [1.807, 2.05) is 24.3 Å². The van der Waals surface area contributed by atoms with Crippen LogP contribution in [0.1, 0.15) is 30.6 Å². The van der Waals surface area contributed by atoms with E-state index in [4.69, 9.17) is 0 Å². The van der Waals surface area contributed by atoms with Crippen LogP contribution in [0.2, 0.25) is 0 Å². The number of hydrogen-bond donors (Lipinski definition) is 1. The van der Waals surface area contributed by atoms with Gasteiger partial charge in [-0.15, -0.1) is 0 Å². The lowest BCUT2D eigenvalue weighted by Crippen LogP contribution is -2.25. The van der Waals surface area contributed by atoms with Gasteiger partial charge in [0.15, 0.2) is 0 Å². The van der Waals surface area contributed by atoms with E-state index in [0.29, 0.717) is 11.5 Å². The summed E-state index contributed by atoms with van der Waals surface area (Å²) in [6, 6.07) is 7.41. The van der Waals surface area contributed by atoms with E-state index in [-0.39, 0.29) is 5.91 Å². The van der Waals surface area contributed by atoms with Gasteiger partial charge in [0, 0.05) is 16.6 Å². The molecule has 0 heterocycles. The molecule has 1 rings (SSSR count). The summed E-state index contributed by atoms with van der Waals surface area (Å²) < 4.78 is 0.930. The molecule has 3 heteroatoms. The summed E-state index contributed by atoms with van der Waals surface area (Å²) in [7, 11) is 0. The van der Waals surface area contributed by atoms with Gasteiger partial charge in [0.2, 0.25) is 0 Å². The maximum atomic E-state index is 11.6. The first kappa shape index (κ1) is 12.2. The van der Waals surface area contributed by atoms with Crippen LogP contribution in [0.25, 0.3) is 0 Å². The van der Waals surface area contributed by atoms with Gasteiger partial charge in [0.1, 0.15) is 0 Å². The Labute approximate surface area is 99.2 Å². The molecule has 2 nitrogen and oxygen atoms in total. The van der Waals surface area contributed by atoms with Crippen LogP contribution in [0.15, 0.2) is 28.7 Å². The van der Waals surface area contributed by atoms with Crippen LogP contribution in [0.4, 0.5) is 0 Å². The number of halogens is 1. The topological polar surface area (TPSA) is 29.1 Å². The van der Waals surface area contributed by atoms with E-state index in [0.717, 1.165) is 17.4 Å². The van der Waals surface area contributed by atoms with Crippen molar-refractivity contribution in [1.82, 2.24) is 5.32 Å². The molecule has 0 unspecified atom stereocenters. The van der Waals surface area contributed by atoms with Gasteiger partial charge >= 0.3 is 0 Å². The van der Waals surface area contributed by atoms with Gasteiger partial charge in [-0.2, -0.15) is 0 Å². The van der Waals surface area contributed by atoms with Gasteiger partial charge in [-0.1, -0.05) is 35.8 Å². The summed E-state index contributed by atoms with van der Waals surface area (Å²) in [5, 5.41) is 2.90. The summed E-state index contributed by atoms with van der Waals surface area (Å²) >= 11 is 3.34. The van der Waals surface area contributed by atoms with Crippen molar-refractivity contribution in [3.63, 3.8) is 0 Å². The second-order valence-corrected chi connectivity index (χ2v) is 4.86. The standard InChI is InChI=1S/C12H16BrNO/c1-9(2)6-7-14-12(15)10-4-3-5-11(13)8-10/h3-5,8-9H,6-7H2,1-2H3,(H,14,15). The smallest absolute Gasteiger partial charge is 0.251 e. The van der Waals surface area contributed by atoms with Crippen molar-refractivity contribution < 1.29 is 4.79 Å². The summed E-state index contributed by atoms with van der Waals surface area (Å²) in [5.41, 5.74) is 0.702. The van der Waals surface area contributed by atoms with Crippen LogP contribution in [0, 0.1) is 5.92 Å². The minimum Gasteiger partial charge on any atom is -0.352 e.